The van der Waals surface area contributed by atoms with Gasteiger partial charge in [-0.05, 0) is 31.4 Å². The first-order valence-electron chi connectivity index (χ1n) is 8.31. The third kappa shape index (κ3) is 4.24. The number of rotatable bonds is 6. The molecule has 3 rings (SSSR count). The minimum atomic E-state index is -0.251. The molecule has 0 spiro atoms. The molecule has 6 nitrogen and oxygen atoms in total. The minimum Gasteiger partial charge on any atom is -0.383 e. The summed E-state index contributed by atoms with van der Waals surface area (Å²) in [6, 6.07) is 9.03. The Morgan fingerprint density at radius 3 is 2.88 bits per heavy atom. The zero-order valence-corrected chi connectivity index (χ0v) is 14.9. The normalized spacial score (nSPS) is 16.1. The number of aromatic nitrogens is 1. The molecule has 1 aromatic carbocycles. The quantitative estimate of drug-likeness (QED) is 0.777. The van der Waals surface area contributed by atoms with Crippen LogP contribution in [0.25, 0.3) is 0 Å². The fraction of sp³-hybridized carbons (Fsp3) is 0.389. The number of amides is 2. The lowest BCUT2D eigenvalue weighted by Gasteiger charge is -2.20. The Morgan fingerprint density at radius 1 is 1.32 bits per heavy atom. The van der Waals surface area contributed by atoms with Crippen LogP contribution in [0.1, 0.15) is 39.7 Å². The molecule has 0 radical (unpaired) electrons. The Balaban J connectivity index is 1.71. The molecular weight excluding hydrogens is 338 g/mol. The number of nitrogens with one attached hydrogen (secondary N) is 2. The van der Waals surface area contributed by atoms with Crippen molar-refractivity contribution in [2.45, 2.75) is 25.2 Å². The van der Waals surface area contributed by atoms with Gasteiger partial charge in [0.05, 0.1) is 18.2 Å². The predicted octanol–water partition coefficient (Wildman–Crippen LogP) is 2.58. The summed E-state index contributed by atoms with van der Waals surface area (Å²) >= 11 is 1.46. The van der Waals surface area contributed by atoms with Crippen molar-refractivity contribution in [3.63, 3.8) is 0 Å². The highest BCUT2D eigenvalue weighted by molar-refractivity contribution is 7.15. The van der Waals surface area contributed by atoms with E-state index in [4.69, 9.17) is 4.74 Å². The first kappa shape index (κ1) is 17.6. The number of carbonyl (C=O) groups is 2. The van der Waals surface area contributed by atoms with Gasteiger partial charge < -0.3 is 10.1 Å². The first-order valence-corrected chi connectivity index (χ1v) is 9.13. The van der Waals surface area contributed by atoms with Crippen molar-refractivity contribution in [2.24, 2.45) is 0 Å². The molecule has 1 unspecified atom stereocenters. The van der Waals surface area contributed by atoms with Crippen molar-refractivity contribution in [2.75, 3.05) is 25.6 Å². The number of thiazole rings is 1. The second-order valence-electron chi connectivity index (χ2n) is 5.88. The largest absolute Gasteiger partial charge is 0.383 e. The van der Waals surface area contributed by atoms with Gasteiger partial charge in [-0.2, -0.15) is 0 Å². The van der Waals surface area contributed by atoms with Gasteiger partial charge in [0.1, 0.15) is 0 Å². The summed E-state index contributed by atoms with van der Waals surface area (Å²) in [6.07, 6.45) is 2.63. The van der Waals surface area contributed by atoms with E-state index in [2.05, 4.69) is 15.6 Å². The number of hydrogen-bond acceptors (Lipinski definition) is 5. The van der Waals surface area contributed by atoms with Gasteiger partial charge in [-0.3, -0.25) is 14.9 Å². The Hall–Kier alpha value is -2.25. The lowest BCUT2D eigenvalue weighted by Crippen LogP contribution is -2.33. The number of hydrogen-bond donors (Lipinski definition) is 2. The molecule has 1 aliphatic carbocycles. The van der Waals surface area contributed by atoms with E-state index in [1.807, 2.05) is 18.2 Å². The summed E-state index contributed by atoms with van der Waals surface area (Å²) in [6.45, 7) is 0.976. The molecule has 25 heavy (non-hydrogen) atoms. The molecule has 1 atom stereocenters. The van der Waals surface area contributed by atoms with E-state index in [-0.39, 0.29) is 17.7 Å². The lowest BCUT2D eigenvalue weighted by molar-refractivity contribution is -0.123. The van der Waals surface area contributed by atoms with E-state index < -0.39 is 0 Å². The molecule has 0 fully saturated rings. The molecular formula is C18H21N3O3S. The average molecular weight is 359 g/mol. The SMILES string of the molecule is COCCNC(=O)C1CCCc2sc(NC(=O)c3ccccc3)nc21. The van der Waals surface area contributed by atoms with Crippen LogP contribution >= 0.6 is 11.3 Å². The third-order valence-corrected chi connectivity index (χ3v) is 5.18. The number of nitrogens with zero attached hydrogens (tertiary/aromatic N) is 1. The van der Waals surface area contributed by atoms with E-state index in [1.54, 1.807) is 19.2 Å². The summed E-state index contributed by atoms with van der Waals surface area (Å²) in [7, 11) is 1.60. The Bertz CT molecular complexity index is 745. The van der Waals surface area contributed by atoms with Crippen LogP contribution in [-0.4, -0.2) is 37.1 Å². The maximum absolute atomic E-state index is 12.4. The second kappa shape index (κ2) is 8.22. The molecule has 2 N–H and O–H groups in total. The molecule has 1 heterocycles. The van der Waals surface area contributed by atoms with Crippen molar-refractivity contribution < 1.29 is 14.3 Å². The van der Waals surface area contributed by atoms with Crippen molar-refractivity contribution in [1.82, 2.24) is 10.3 Å². The molecule has 2 amide bonds. The topological polar surface area (TPSA) is 80.3 Å². The van der Waals surface area contributed by atoms with Gasteiger partial charge in [-0.1, -0.05) is 18.2 Å². The van der Waals surface area contributed by atoms with Crippen molar-refractivity contribution in [3.8, 4) is 0 Å². The maximum atomic E-state index is 12.4. The number of anilines is 1. The van der Waals surface area contributed by atoms with Gasteiger partial charge >= 0.3 is 0 Å². The second-order valence-corrected chi connectivity index (χ2v) is 6.96. The van der Waals surface area contributed by atoms with Gasteiger partial charge in [0.25, 0.3) is 5.91 Å². The van der Waals surface area contributed by atoms with Crippen LogP contribution in [0, 0.1) is 0 Å². The van der Waals surface area contributed by atoms with E-state index >= 15 is 0 Å². The molecule has 132 valence electrons. The van der Waals surface area contributed by atoms with Gasteiger partial charge in [-0.25, -0.2) is 4.98 Å². The van der Waals surface area contributed by atoms with Gasteiger partial charge in [0.2, 0.25) is 5.91 Å². The summed E-state index contributed by atoms with van der Waals surface area (Å²) < 4.78 is 4.96. The number of fused-ring (bicyclic) bond motifs is 1. The summed E-state index contributed by atoms with van der Waals surface area (Å²) in [5.41, 5.74) is 1.39. The number of benzene rings is 1. The summed E-state index contributed by atoms with van der Waals surface area (Å²) in [5.74, 6) is -0.462. The molecule has 0 saturated heterocycles. The van der Waals surface area contributed by atoms with Crippen LogP contribution in [0.2, 0.25) is 0 Å². The van der Waals surface area contributed by atoms with Gasteiger partial charge in [-0.15, -0.1) is 11.3 Å². The number of ether oxygens (including phenoxy) is 1. The molecule has 0 bridgehead atoms. The van der Waals surface area contributed by atoms with Crippen LogP contribution in [0.15, 0.2) is 30.3 Å². The Kier molecular flexibility index (Phi) is 5.78. The van der Waals surface area contributed by atoms with Crippen LogP contribution in [0.4, 0.5) is 5.13 Å². The summed E-state index contributed by atoms with van der Waals surface area (Å²) in [4.78, 5) is 30.3. The zero-order chi connectivity index (χ0) is 17.6. The third-order valence-electron chi connectivity index (χ3n) is 4.13. The van der Waals surface area contributed by atoms with Crippen molar-refractivity contribution in [3.05, 3.63) is 46.5 Å². The van der Waals surface area contributed by atoms with Crippen LogP contribution in [0.5, 0.6) is 0 Å². The smallest absolute Gasteiger partial charge is 0.257 e. The van der Waals surface area contributed by atoms with Crippen LogP contribution < -0.4 is 10.6 Å². The van der Waals surface area contributed by atoms with Crippen LogP contribution in [-0.2, 0) is 16.0 Å². The number of carbonyl (C=O) groups excluding carboxylic acids is 2. The Morgan fingerprint density at radius 2 is 2.12 bits per heavy atom. The van der Waals surface area contributed by atoms with E-state index in [9.17, 15) is 9.59 Å². The van der Waals surface area contributed by atoms with Crippen molar-refractivity contribution >= 4 is 28.3 Å². The highest BCUT2D eigenvalue weighted by atomic mass is 32.1. The van der Waals surface area contributed by atoms with E-state index in [1.165, 1.54) is 11.3 Å². The molecule has 0 saturated carbocycles. The first-order chi connectivity index (χ1) is 12.2. The molecule has 0 aliphatic heterocycles. The number of methoxy groups -OCH3 is 1. The van der Waals surface area contributed by atoms with E-state index in [0.29, 0.717) is 23.8 Å². The fourth-order valence-electron chi connectivity index (χ4n) is 2.89. The summed E-state index contributed by atoms with van der Waals surface area (Å²) in [5, 5.41) is 6.28. The number of aryl methyl sites for hydroxylation is 1. The van der Waals surface area contributed by atoms with Crippen molar-refractivity contribution in [1.29, 1.82) is 0 Å². The molecule has 1 aromatic heterocycles. The molecule has 1 aliphatic rings. The maximum Gasteiger partial charge on any atom is 0.257 e. The fourth-order valence-corrected chi connectivity index (χ4v) is 3.95. The highest BCUT2D eigenvalue weighted by Crippen LogP contribution is 2.36. The highest BCUT2D eigenvalue weighted by Gasteiger charge is 2.30. The zero-order valence-electron chi connectivity index (χ0n) is 14.1. The molecule has 2 aromatic rings. The van der Waals surface area contributed by atoms with Gasteiger partial charge in [0.15, 0.2) is 5.13 Å². The minimum absolute atomic E-state index is 0.0239. The van der Waals surface area contributed by atoms with Gasteiger partial charge in [0, 0.05) is 24.1 Å². The van der Waals surface area contributed by atoms with E-state index in [0.717, 1.165) is 29.8 Å². The lowest BCUT2D eigenvalue weighted by atomic mass is 9.90. The molecule has 7 heteroatoms. The predicted molar refractivity (Wildman–Crippen MR) is 97.1 cm³/mol. The standard InChI is InChI=1S/C18H21N3O3S/c1-24-11-10-19-17(23)13-8-5-9-14-15(13)20-18(25-14)21-16(22)12-6-3-2-4-7-12/h2-4,6-7,13H,5,8-11H2,1H3,(H,19,23)(H,20,21,22). The van der Waals surface area contributed by atoms with Crippen LogP contribution in [0.3, 0.4) is 0 Å². The Labute approximate surface area is 150 Å². The monoisotopic (exact) mass is 359 g/mol. The average Bonchev–Trinajstić information content (AvgIpc) is 3.04.